The van der Waals surface area contributed by atoms with Crippen LogP contribution < -0.4 is 9.47 Å². The predicted octanol–water partition coefficient (Wildman–Crippen LogP) is 6.17. The van der Waals surface area contributed by atoms with Crippen molar-refractivity contribution in [3.8, 4) is 23.0 Å². The second kappa shape index (κ2) is 6.62. The van der Waals surface area contributed by atoms with E-state index in [0.717, 1.165) is 10.2 Å². The molecule has 0 aliphatic rings. The predicted molar refractivity (Wildman–Crippen MR) is 87.1 cm³/mol. The number of benzene rings is 3. The number of hydrogen-bond acceptors (Lipinski definition) is 2. The maximum atomic E-state index is 12.9. The van der Waals surface area contributed by atoms with E-state index in [4.69, 9.17) is 9.47 Å². The number of hydrogen-bond donors (Lipinski definition) is 0. The summed E-state index contributed by atoms with van der Waals surface area (Å²) in [7, 11) is 0. The molecule has 3 aromatic carbocycles. The maximum absolute atomic E-state index is 12.9. The number of ether oxygens (including phenoxy) is 2. The van der Waals surface area contributed by atoms with Crippen molar-refractivity contribution in [1.29, 1.82) is 0 Å². The van der Waals surface area contributed by atoms with Gasteiger partial charge in [0.15, 0.2) is 0 Å². The van der Waals surface area contributed by atoms with Crippen LogP contribution >= 0.6 is 15.9 Å². The molecule has 110 valence electrons. The minimum absolute atomic E-state index is 0.292. The molecule has 0 N–H and O–H groups in total. The molecule has 2 nitrogen and oxygen atoms in total. The Labute approximate surface area is 136 Å². The first-order valence-electron chi connectivity index (χ1n) is 6.66. The van der Waals surface area contributed by atoms with Crippen LogP contribution in [-0.2, 0) is 0 Å². The van der Waals surface area contributed by atoms with Gasteiger partial charge in [-0.1, -0.05) is 22.0 Å². The van der Waals surface area contributed by atoms with Gasteiger partial charge in [0.2, 0.25) is 0 Å². The standard InChI is InChI=1S/C18H12BrFO2/c19-13-4-8-15(9-5-13)21-17-2-1-3-18(12-17)22-16-10-6-14(20)7-11-16/h1-12H. The van der Waals surface area contributed by atoms with Crippen molar-refractivity contribution >= 4 is 15.9 Å². The Bertz CT molecular complexity index is 692. The van der Waals surface area contributed by atoms with Crippen molar-refractivity contribution in [3.05, 3.63) is 83.1 Å². The molecule has 0 unspecified atom stereocenters. The molecule has 0 saturated carbocycles. The smallest absolute Gasteiger partial charge is 0.131 e. The Kier molecular flexibility index (Phi) is 4.39. The van der Waals surface area contributed by atoms with Crippen molar-refractivity contribution in [3.63, 3.8) is 0 Å². The summed E-state index contributed by atoms with van der Waals surface area (Å²) in [6, 6.07) is 20.7. The van der Waals surface area contributed by atoms with Crippen LogP contribution in [0.5, 0.6) is 23.0 Å². The van der Waals surface area contributed by atoms with Crippen LogP contribution in [0.2, 0.25) is 0 Å². The summed E-state index contributed by atoms with van der Waals surface area (Å²) >= 11 is 3.38. The molecule has 0 bridgehead atoms. The van der Waals surface area contributed by atoms with Gasteiger partial charge in [0.25, 0.3) is 0 Å². The van der Waals surface area contributed by atoms with E-state index in [1.807, 2.05) is 42.5 Å². The second-order valence-corrected chi connectivity index (χ2v) is 5.50. The molecule has 22 heavy (non-hydrogen) atoms. The first kappa shape index (κ1) is 14.6. The summed E-state index contributed by atoms with van der Waals surface area (Å²) in [4.78, 5) is 0. The molecular formula is C18H12BrFO2. The van der Waals surface area contributed by atoms with Crippen LogP contribution in [0, 0.1) is 5.82 Å². The molecule has 4 heteroatoms. The third kappa shape index (κ3) is 3.86. The zero-order valence-corrected chi connectivity index (χ0v) is 13.1. The van der Waals surface area contributed by atoms with Gasteiger partial charge in [0.05, 0.1) is 0 Å². The molecule has 0 atom stereocenters. The molecule has 0 aromatic heterocycles. The average molecular weight is 359 g/mol. The minimum Gasteiger partial charge on any atom is -0.457 e. The Hall–Kier alpha value is -2.33. The molecule has 0 fully saturated rings. The van der Waals surface area contributed by atoms with Crippen molar-refractivity contribution in [2.45, 2.75) is 0 Å². The van der Waals surface area contributed by atoms with E-state index in [1.54, 1.807) is 18.2 Å². The Balaban J connectivity index is 1.74. The van der Waals surface area contributed by atoms with Gasteiger partial charge in [-0.25, -0.2) is 4.39 Å². The van der Waals surface area contributed by atoms with Gasteiger partial charge in [0, 0.05) is 10.5 Å². The molecule has 0 amide bonds. The summed E-state index contributed by atoms with van der Waals surface area (Å²) in [5.41, 5.74) is 0. The maximum Gasteiger partial charge on any atom is 0.131 e. The van der Waals surface area contributed by atoms with Crippen LogP contribution in [0.1, 0.15) is 0 Å². The van der Waals surface area contributed by atoms with E-state index >= 15 is 0 Å². The summed E-state index contributed by atoms with van der Waals surface area (Å²) in [6.07, 6.45) is 0. The third-order valence-corrected chi connectivity index (χ3v) is 3.43. The van der Waals surface area contributed by atoms with Gasteiger partial charge in [0.1, 0.15) is 28.8 Å². The molecule has 3 rings (SSSR count). The second-order valence-electron chi connectivity index (χ2n) is 4.59. The molecule has 0 radical (unpaired) electrons. The fourth-order valence-electron chi connectivity index (χ4n) is 1.88. The lowest BCUT2D eigenvalue weighted by atomic mass is 10.3. The number of halogens is 2. The normalized spacial score (nSPS) is 10.3. The molecule has 0 spiro atoms. The quantitative estimate of drug-likeness (QED) is 0.554. The Morgan fingerprint density at radius 3 is 1.68 bits per heavy atom. The Morgan fingerprint density at radius 2 is 1.14 bits per heavy atom. The van der Waals surface area contributed by atoms with Gasteiger partial charge in [-0.2, -0.15) is 0 Å². The number of rotatable bonds is 4. The molecule has 0 heterocycles. The first-order chi connectivity index (χ1) is 10.7. The summed E-state index contributed by atoms with van der Waals surface area (Å²) in [5.74, 6) is 2.31. The molecule has 0 saturated heterocycles. The summed E-state index contributed by atoms with van der Waals surface area (Å²) in [5, 5.41) is 0. The van der Waals surface area contributed by atoms with Crippen LogP contribution in [-0.4, -0.2) is 0 Å². The van der Waals surface area contributed by atoms with Gasteiger partial charge < -0.3 is 9.47 Å². The van der Waals surface area contributed by atoms with Crippen LogP contribution in [0.4, 0.5) is 4.39 Å². The third-order valence-electron chi connectivity index (χ3n) is 2.90. The van der Waals surface area contributed by atoms with E-state index in [2.05, 4.69) is 15.9 Å². The first-order valence-corrected chi connectivity index (χ1v) is 7.45. The van der Waals surface area contributed by atoms with E-state index in [-0.39, 0.29) is 5.82 Å². The van der Waals surface area contributed by atoms with E-state index < -0.39 is 0 Å². The van der Waals surface area contributed by atoms with Gasteiger partial charge in [-0.15, -0.1) is 0 Å². The van der Waals surface area contributed by atoms with Gasteiger partial charge >= 0.3 is 0 Å². The highest BCUT2D eigenvalue weighted by Crippen LogP contribution is 2.28. The van der Waals surface area contributed by atoms with E-state index in [9.17, 15) is 4.39 Å². The average Bonchev–Trinajstić information content (AvgIpc) is 2.52. The van der Waals surface area contributed by atoms with Crippen molar-refractivity contribution < 1.29 is 13.9 Å². The van der Waals surface area contributed by atoms with E-state index in [1.165, 1.54) is 12.1 Å². The minimum atomic E-state index is -0.292. The fraction of sp³-hybridized carbons (Fsp3) is 0. The highest BCUT2D eigenvalue weighted by molar-refractivity contribution is 9.10. The Morgan fingerprint density at radius 1 is 0.636 bits per heavy atom. The summed E-state index contributed by atoms with van der Waals surface area (Å²) in [6.45, 7) is 0. The lowest BCUT2D eigenvalue weighted by Gasteiger charge is -2.09. The van der Waals surface area contributed by atoms with Crippen LogP contribution in [0.3, 0.4) is 0 Å². The van der Waals surface area contributed by atoms with Crippen molar-refractivity contribution in [2.75, 3.05) is 0 Å². The highest BCUT2D eigenvalue weighted by Gasteiger charge is 2.02. The molecule has 0 aliphatic carbocycles. The van der Waals surface area contributed by atoms with Gasteiger partial charge in [-0.05, 0) is 60.7 Å². The molecule has 3 aromatic rings. The lowest BCUT2D eigenvalue weighted by Crippen LogP contribution is -1.87. The lowest BCUT2D eigenvalue weighted by molar-refractivity contribution is 0.459. The van der Waals surface area contributed by atoms with Gasteiger partial charge in [-0.3, -0.25) is 0 Å². The van der Waals surface area contributed by atoms with E-state index in [0.29, 0.717) is 17.2 Å². The highest BCUT2D eigenvalue weighted by atomic mass is 79.9. The zero-order valence-electron chi connectivity index (χ0n) is 11.5. The monoisotopic (exact) mass is 358 g/mol. The zero-order chi connectivity index (χ0) is 15.4. The van der Waals surface area contributed by atoms with Crippen molar-refractivity contribution in [1.82, 2.24) is 0 Å². The molecule has 0 aliphatic heterocycles. The largest absolute Gasteiger partial charge is 0.457 e. The fourth-order valence-corrected chi connectivity index (χ4v) is 2.14. The van der Waals surface area contributed by atoms with Crippen LogP contribution in [0.25, 0.3) is 0 Å². The van der Waals surface area contributed by atoms with Crippen molar-refractivity contribution in [2.24, 2.45) is 0 Å². The topological polar surface area (TPSA) is 18.5 Å². The SMILES string of the molecule is Fc1ccc(Oc2cccc(Oc3ccc(Br)cc3)c2)cc1. The summed E-state index contributed by atoms with van der Waals surface area (Å²) < 4.78 is 25.3. The molecular weight excluding hydrogens is 347 g/mol. The van der Waals surface area contributed by atoms with Crippen LogP contribution in [0.15, 0.2) is 77.3 Å².